The third-order valence-corrected chi connectivity index (χ3v) is 7.26. The Labute approximate surface area is 251 Å². The van der Waals surface area contributed by atoms with Crippen LogP contribution in [0.4, 0.5) is 5.69 Å². The molecule has 3 aromatic rings. The molecule has 3 aromatic carbocycles. The number of ketones is 2. The van der Waals surface area contributed by atoms with Crippen LogP contribution in [0.1, 0.15) is 62.7 Å². The number of fused-ring (bicyclic) bond motifs is 2. The molecule has 1 aliphatic carbocycles. The Hall–Kier alpha value is -5.78. The Morgan fingerprint density at radius 2 is 1.36 bits per heavy atom. The van der Waals surface area contributed by atoms with E-state index in [9.17, 15) is 39.5 Å². The average Bonchev–Trinajstić information content (AvgIpc) is 2.98. The van der Waals surface area contributed by atoms with Gasteiger partial charge in [-0.3, -0.25) is 19.7 Å². The number of dihydropyridines is 1. The number of nitro groups is 1. The lowest BCUT2D eigenvalue weighted by atomic mass is 9.79. The van der Waals surface area contributed by atoms with Gasteiger partial charge >= 0.3 is 11.9 Å². The Morgan fingerprint density at radius 1 is 0.795 bits per heavy atom. The number of hydrogen-bond donors (Lipinski definition) is 3. The van der Waals surface area contributed by atoms with Crippen LogP contribution in [0.15, 0.2) is 77.1 Å². The van der Waals surface area contributed by atoms with Crippen LogP contribution in [0, 0.1) is 17.0 Å². The maximum absolute atomic E-state index is 12.3. The van der Waals surface area contributed by atoms with Gasteiger partial charge in [-0.2, -0.15) is 0 Å². The molecule has 0 saturated heterocycles. The number of nitrogens with one attached hydrogen (secondary N) is 1. The number of allylic oxidation sites excluding steroid dienone is 2. The lowest BCUT2D eigenvalue weighted by Gasteiger charge is -2.29. The smallest absolute Gasteiger partial charge is 0.336 e. The van der Waals surface area contributed by atoms with Crippen LogP contribution in [0.5, 0.6) is 11.5 Å². The number of carbonyl (C=O) groups excluding carboxylic acids is 4. The highest BCUT2D eigenvalue weighted by Crippen LogP contribution is 2.42. The van der Waals surface area contributed by atoms with Crippen LogP contribution in [-0.2, 0) is 19.1 Å². The second-order valence-corrected chi connectivity index (χ2v) is 10.00. The van der Waals surface area contributed by atoms with E-state index in [1.165, 1.54) is 56.7 Å². The maximum Gasteiger partial charge on any atom is 0.336 e. The highest BCUT2D eigenvalue weighted by Gasteiger charge is 2.40. The normalized spacial score (nSPS) is 14.1. The quantitative estimate of drug-likeness (QED) is 0.172. The zero-order valence-electron chi connectivity index (χ0n) is 24.4. The molecule has 5 rings (SSSR count). The largest absolute Gasteiger partial charge is 0.507 e. The number of para-hydroxylation sites is 1. The van der Waals surface area contributed by atoms with Gasteiger partial charge in [-0.15, -0.1) is 0 Å². The minimum absolute atomic E-state index is 0.0374. The number of aryl methyl sites for hydroxylation is 1. The number of carbonyl (C=O) groups is 4. The molecule has 0 saturated carbocycles. The van der Waals surface area contributed by atoms with Crippen LogP contribution in [0.2, 0.25) is 0 Å². The fourth-order valence-corrected chi connectivity index (χ4v) is 5.39. The summed E-state index contributed by atoms with van der Waals surface area (Å²) < 4.78 is 9.66. The minimum atomic E-state index is -0.970. The molecule has 0 atom stereocenters. The molecule has 0 spiro atoms. The molecule has 0 aromatic heterocycles. The van der Waals surface area contributed by atoms with E-state index in [4.69, 9.17) is 9.47 Å². The molecule has 12 heteroatoms. The molecule has 12 nitrogen and oxygen atoms in total. The van der Waals surface area contributed by atoms with Crippen LogP contribution in [0.25, 0.3) is 0 Å². The van der Waals surface area contributed by atoms with E-state index in [1.54, 1.807) is 32.9 Å². The predicted octanol–water partition coefficient (Wildman–Crippen LogP) is 4.36. The Bertz CT molecular complexity index is 1780. The van der Waals surface area contributed by atoms with Crippen molar-refractivity contribution in [3.63, 3.8) is 0 Å². The highest BCUT2D eigenvalue weighted by atomic mass is 16.6. The van der Waals surface area contributed by atoms with Gasteiger partial charge in [0.05, 0.1) is 47.3 Å². The number of nitro benzene ring substituents is 1. The number of phenolic OH excluding ortho intramolecular Hbond substituents is 2. The second kappa shape index (κ2) is 12.2. The number of ether oxygens (including phenoxy) is 2. The minimum Gasteiger partial charge on any atom is -0.507 e. The zero-order chi connectivity index (χ0) is 32.5. The van der Waals surface area contributed by atoms with Gasteiger partial charge in [0, 0.05) is 34.2 Å². The van der Waals surface area contributed by atoms with Crippen molar-refractivity contribution in [2.24, 2.45) is 0 Å². The van der Waals surface area contributed by atoms with E-state index in [0.29, 0.717) is 17.0 Å². The van der Waals surface area contributed by atoms with E-state index >= 15 is 0 Å². The SMILES string of the molecule is COC(=O)C1=C(C)NC(C)=C(C(=O)OC)C1c1ccccc1[N+](=O)[O-].Cc1cc(O)c2c(c1)C(=O)c1cccc(O)c1C2=O. The number of methoxy groups -OCH3 is 2. The van der Waals surface area contributed by atoms with E-state index in [1.807, 2.05) is 0 Å². The van der Waals surface area contributed by atoms with E-state index in [0.717, 1.165) is 0 Å². The summed E-state index contributed by atoms with van der Waals surface area (Å²) >= 11 is 0. The topological polar surface area (TPSA) is 182 Å². The molecule has 1 aliphatic heterocycles. The summed E-state index contributed by atoms with van der Waals surface area (Å²) in [5, 5.41) is 34.0. The second-order valence-electron chi connectivity index (χ2n) is 10.00. The van der Waals surface area contributed by atoms with Gasteiger partial charge in [-0.05, 0) is 44.5 Å². The highest BCUT2D eigenvalue weighted by molar-refractivity contribution is 6.30. The molecule has 0 amide bonds. The molecule has 226 valence electrons. The molecule has 0 radical (unpaired) electrons. The van der Waals surface area contributed by atoms with Gasteiger partial charge in [0.25, 0.3) is 5.69 Å². The van der Waals surface area contributed by atoms with Gasteiger partial charge in [-0.1, -0.05) is 30.3 Å². The standard InChI is InChI=1S/C17H18N2O6.C15H10O4/c1-9-13(16(20)24-3)15(14(10(2)18-9)17(21)25-4)11-7-5-6-8-12(11)19(22)23;1-7-5-9-13(11(17)6-7)15(19)12-8(14(9)18)3-2-4-10(12)16/h5-8,15,18H,1-4H3;2-6,16-17H,1H3. The van der Waals surface area contributed by atoms with Crippen LogP contribution >= 0.6 is 0 Å². The predicted molar refractivity (Wildman–Crippen MR) is 156 cm³/mol. The van der Waals surface area contributed by atoms with Crippen molar-refractivity contribution in [1.82, 2.24) is 5.32 Å². The monoisotopic (exact) mass is 600 g/mol. The van der Waals surface area contributed by atoms with Gasteiger partial charge in [0.15, 0.2) is 5.78 Å². The van der Waals surface area contributed by atoms with Crippen molar-refractivity contribution in [3.05, 3.63) is 121 Å². The van der Waals surface area contributed by atoms with Crippen molar-refractivity contribution < 1.29 is 43.8 Å². The molecule has 0 fully saturated rings. The Kier molecular flexibility index (Phi) is 8.65. The molecule has 1 heterocycles. The summed E-state index contributed by atoms with van der Waals surface area (Å²) in [5.74, 6) is -3.70. The number of benzene rings is 3. The fourth-order valence-electron chi connectivity index (χ4n) is 5.39. The first-order valence-electron chi connectivity index (χ1n) is 13.2. The molecular formula is C32H28N2O10. The van der Waals surface area contributed by atoms with Crippen LogP contribution < -0.4 is 5.32 Å². The first-order valence-corrected chi connectivity index (χ1v) is 13.2. The Balaban J connectivity index is 0.000000208. The molecule has 0 bridgehead atoms. The number of phenols is 2. The molecule has 2 aliphatic rings. The number of rotatable bonds is 4. The summed E-state index contributed by atoms with van der Waals surface area (Å²) in [6, 6.07) is 13.3. The molecule has 3 N–H and O–H groups in total. The summed E-state index contributed by atoms with van der Waals surface area (Å²) in [6.07, 6.45) is 0. The van der Waals surface area contributed by atoms with Crippen LogP contribution in [0.3, 0.4) is 0 Å². The van der Waals surface area contributed by atoms with Gasteiger partial charge in [-0.25, -0.2) is 9.59 Å². The lowest BCUT2D eigenvalue weighted by Crippen LogP contribution is -2.32. The first-order chi connectivity index (χ1) is 20.8. The lowest BCUT2D eigenvalue weighted by molar-refractivity contribution is -0.385. The van der Waals surface area contributed by atoms with Gasteiger partial charge in [0.2, 0.25) is 5.78 Å². The van der Waals surface area contributed by atoms with E-state index in [-0.39, 0.29) is 61.9 Å². The summed E-state index contributed by atoms with van der Waals surface area (Å²) in [7, 11) is 2.42. The van der Waals surface area contributed by atoms with Gasteiger partial charge < -0.3 is 25.0 Å². The van der Waals surface area contributed by atoms with Crippen molar-refractivity contribution in [2.75, 3.05) is 14.2 Å². The summed E-state index contributed by atoms with van der Waals surface area (Å²) in [5.41, 5.74) is 2.16. The molecule has 44 heavy (non-hydrogen) atoms. The first kappa shape index (κ1) is 31.2. The van der Waals surface area contributed by atoms with Crippen LogP contribution in [-0.4, -0.2) is 52.9 Å². The average molecular weight is 601 g/mol. The van der Waals surface area contributed by atoms with Crippen molar-refractivity contribution in [3.8, 4) is 11.5 Å². The summed E-state index contributed by atoms with van der Waals surface area (Å²) in [4.78, 5) is 60.2. The van der Waals surface area contributed by atoms with Crippen molar-refractivity contribution in [2.45, 2.75) is 26.7 Å². The van der Waals surface area contributed by atoms with E-state index < -0.39 is 28.6 Å². The molecule has 0 unspecified atom stereocenters. The summed E-state index contributed by atoms with van der Waals surface area (Å²) in [6.45, 7) is 5.02. The zero-order valence-corrected chi connectivity index (χ0v) is 24.4. The number of esters is 2. The molecular weight excluding hydrogens is 572 g/mol. The van der Waals surface area contributed by atoms with E-state index in [2.05, 4.69) is 5.32 Å². The maximum atomic E-state index is 12.3. The van der Waals surface area contributed by atoms with Gasteiger partial charge in [0.1, 0.15) is 11.5 Å². The third kappa shape index (κ3) is 5.40. The fraction of sp³-hybridized carbons (Fsp3) is 0.188. The van der Waals surface area contributed by atoms with Crippen molar-refractivity contribution in [1.29, 1.82) is 0 Å². The third-order valence-electron chi connectivity index (χ3n) is 7.26. The number of aromatic hydroxyl groups is 2. The Morgan fingerprint density at radius 3 is 1.93 bits per heavy atom. The van der Waals surface area contributed by atoms with Crippen molar-refractivity contribution >= 4 is 29.2 Å². The number of nitrogens with zero attached hydrogens (tertiary/aromatic N) is 1. The number of hydrogen-bond acceptors (Lipinski definition) is 11.